The summed E-state index contributed by atoms with van der Waals surface area (Å²) in [5.74, 6) is 1.17. The van der Waals surface area contributed by atoms with E-state index in [0.29, 0.717) is 11.7 Å². The molecule has 0 atom stereocenters. The maximum Gasteiger partial charge on any atom is 0.224 e. The van der Waals surface area contributed by atoms with Crippen molar-refractivity contribution in [3.63, 3.8) is 0 Å². The zero-order valence-electron chi connectivity index (χ0n) is 11.5. The van der Waals surface area contributed by atoms with Crippen molar-refractivity contribution in [2.45, 2.75) is 38.5 Å². The van der Waals surface area contributed by atoms with Crippen molar-refractivity contribution in [1.29, 1.82) is 0 Å². The maximum absolute atomic E-state index is 11.5. The van der Waals surface area contributed by atoms with Gasteiger partial charge in [0.15, 0.2) is 0 Å². The third kappa shape index (κ3) is 2.87. The van der Waals surface area contributed by atoms with Crippen LogP contribution in [0.2, 0.25) is 5.28 Å². The first kappa shape index (κ1) is 13.6. The van der Waals surface area contributed by atoms with Crippen LogP contribution in [0.25, 0.3) is 0 Å². The van der Waals surface area contributed by atoms with Gasteiger partial charge in [-0.1, -0.05) is 0 Å². The summed E-state index contributed by atoms with van der Waals surface area (Å²) in [6, 6.07) is 0. The van der Waals surface area contributed by atoms with Gasteiger partial charge in [-0.15, -0.1) is 0 Å². The Hall–Kier alpha value is -1.36. The maximum atomic E-state index is 11.5. The fraction of sp³-hybridized carbons (Fsp3) is 0.643. The number of nitrogens with zero attached hydrogens (tertiary/aromatic N) is 3. The minimum atomic E-state index is 0.288. The van der Waals surface area contributed by atoms with Gasteiger partial charge in [-0.05, 0) is 43.7 Å². The number of hydrogen-bond donors (Lipinski definition) is 1. The average molecular weight is 295 g/mol. The molecule has 0 radical (unpaired) electrons. The van der Waals surface area contributed by atoms with Gasteiger partial charge in [-0.25, -0.2) is 9.97 Å². The molecule has 1 aromatic heterocycles. The Morgan fingerprint density at radius 2 is 2.10 bits per heavy atom. The molecule has 1 fully saturated rings. The molecule has 1 saturated heterocycles. The van der Waals surface area contributed by atoms with Crippen LogP contribution in [0.15, 0.2) is 0 Å². The Morgan fingerprint density at radius 1 is 1.20 bits per heavy atom. The number of anilines is 1. The summed E-state index contributed by atoms with van der Waals surface area (Å²) < 4.78 is 0. The van der Waals surface area contributed by atoms with Gasteiger partial charge in [0.1, 0.15) is 5.82 Å². The predicted octanol–water partition coefficient (Wildman–Crippen LogP) is 2.04. The van der Waals surface area contributed by atoms with Gasteiger partial charge >= 0.3 is 0 Å². The average Bonchev–Trinajstić information content (AvgIpc) is 3.03. The highest BCUT2D eigenvalue weighted by Gasteiger charge is 2.20. The fourth-order valence-electron chi connectivity index (χ4n) is 2.97. The molecule has 2 heterocycles. The summed E-state index contributed by atoms with van der Waals surface area (Å²) in [6.45, 7) is 2.55. The number of aromatic nitrogens is 2. The summed E-state index contributed by atoms with van der Waals surface area (Å²) in [5, 5.41) is 3.67. The van der Waals surface area contributed by atoms with E-state index in [0.717, 1.165) is 63.3 Å². The SMILES string of the molecule is O=C1CCCN1CCCNc1nc(Cl)nc2c1CCC2. The molecule has 2 aliphatic rings. The number of fused-ring (bicyclic) bond motifs is 1. The molecule has 1 aliphatic carbocycles. The summed E-state index contributed by atoms with van der Waals surface area (Å²) in [5.41, 5.74) is 2.30. The predicted molar refractivity (Wildman–Crippen MR) is 78.0 cm³/mol. The normalized spacial score (nSPS) is 17.6. The van der Waals surface area contributed by atoms with Gasteiger partial charge in [-0.2, -0.15) is 0 Å². The smallest absolute Gasteiger partial charge is 0.224 e. The lowest BCUT2D eigenvalue weighted by atomic mass is 10.2. The second kappa shape index (κ2) is 5.95. The Kier molecular flexibility index (Phi) is 4.05. The molecule has 0 spiro atoms. The lowest BCUT2D eigenvalue weighted by Crippen LogP contribution is -2.27. The number of nitrogens with one attached hydrogen (secondary N) is 1. The summed E-state index contributed by atoms with van der Waals surface area (Å²) in [6.07, 6.45) is 5.79. The van der Waals surface area contributed by atoms with Gasteiger partial charge in [0.05, 0.1) is 5.69 Å². The molecule has 6 heteroatoms. The number of aryl methyl sites for hydroxylation is 1. The first-order chi connectivity index (χ1) is 9.74. The minimum absolute atomic E-state index is 0.288. The lowest BCUT2D eigenvalue weighted by molar-refractivity contribution is -0.127. The second-order valence-electron chi connectivity index (χ2n) is 5.38. The number of carbonyl (C=O) groups is 1. The zero-order chi connectivity index (χ0) is 13.9. The molecule has 1 aromatic rings. The minimum Gasteiger partial charge on any atom is -0.370 e. The molecule has 3 rings (SSSR count). The molecule has 5 nitrogen and oxygen atoms in total. The molecule has 1 N–H and O–H groups in total. The number of rotatable bonds is 5. The largest absolute Gasteiger partial charge is 0.370 e. The van der Waals surface area contributed by atoms with Gasteiger partial charge < -0.3 is 10.2 Å². The Balaban J connectivity index is 1.53. The molecular weight excluding hydrogens is 276 g/mol. The van der Waals surface area contributed by atoms with E-state index in [9.17, 15) is 4.79 Å². The van der Waals surface area contributed by atoms with E-state index in [2.05, 4.69) is 15.3 Å². The van der Waals surface area contributed by atoms with Crippen molar-refractivity contribution >= 4 is 23.3 Å². The molecular formula is C14H19ClN4O. The quantitative estimate of drug-likeness (QED) is 0.667. The summed E-state index contributed by atoms with van der Waals surface area (Å²) in [4.78, 5) is 22.0. The first-order valence-corrected chi connectivity index (χ1v) is 7.69. The van der Waals surface area contributed by atoms with Gasteiger partial charge in [0, 0.05) is 31.6 Å². The third-order valence-corrected chi connectivity index (χ3v) is 4.14. The third-order valence-electron chi connectivity index (χ3n) is 3.97. The van der Waals surface area contributed by atoms with Crippen LogP contribution < -0.4 is 5.32 Å². The number of likely N-dealkylation sites (tertiary alicyclic amines) is 1. The van der Waals surface area contributed by atoms with E-state index in [1.54, 1.807) is 0 Å². The molecule has 1 amide bonds. The Bertz CT molecular complexity index is 520. The molecule has 0 bridgehead atoms. The van der Waals surface area contributed by atoms with Crippen LogP contribution in [-0.2, 0) is 17.6 Å². The summed E-state index contributed by atoms with van der Waals surface area (Å²) >= 11 is 5.95. The van der Waals surface area contributed by atoms with E-state index < -0.39 is 0 Å². The van der Waals surface area contributed by atoms with Crippen LogP contribution in [0.5, 0.6) is 0 Å². The van der Waals surface area contributed by atoms with Crippen molar-refractivity contribution < 1.29 is 4.79 Å². The van der Waals surface area contributed by atoms with Crippen LogP contribution in [0, 0.1) is 0 Å². The fourth-order valence-corrected chi connectivity index (χ4v) is 3.15. The van der Waals surface area contributed by atoms with Crippen molar-refractivity contribution in [1.82, 2.24) is 14.9 Å². The van der Waals surface area contributed by atoms with Gasteiger partial charge in [-0.3, -0.25) is 4.79 Å². The van der Waals surface area contributed by atoms with Gasteiger partial charge in [0.2, 0.25) is 11.2 Å². The molecule has 20 heavy (non-hydrogen) atoms. The van der Waals surface area contributed by atoms with E-state index in [4.69, 9.17) is 11.6 Å². The van der Waals surface area contributed by atoms with E-state index in [1.165, 1.54) is 5.56 Å². The van der Waals surface area contributed by atoms with Crippen LogP contribution in [-0.4, -0.2) is 40.4 Å². The van der Waals surface area contributed by atoms with Crippen LogP contribution in [0.1, 0.15) is 36.9 Å². The van der Waals surface area contributed by atoms with E-state index in [1.807, 2.05) is 4.90 Å². The molecule has 0 unspecified atom stereocenters. The Labute approximate surface area is 123 Å². The molecule has 0 saturated carbocycles. The first-order valence-electron chi connectivity index (χ1n) is 7.31. The summed E-state index contributed by atoms with van der Waals surface area (Å²) in [7, 11) is 0. The van der Waals surface area contributed by atoms with E-state index in [-0.39, 0.29) is 5.91 Å². The monoisotopic (exact) mass is 294 g/mol. The number of carbonyl (C=O) groups excluding carboxylic acids is 1. The van der Waals surface area contributed by atoms with Crippen molar-refractivity contribution in [3.8, 4) is 0 Å². The Morgan fingerprint density at radius 3 is 2.90 bits per heavy atom. The van der Waals surface area contributed by atoms with Crippen LogP contribution in [0.3, 0.4) is 0 Å². The zero-order valence-corrected chi connectivity index (χ0v) is 12.2. The topological polar surface area (TPSA) is 58.1 Å². The number of halogens is 1. The molecule has 1 aliphatic heterocycles. The van der Waals surface area contributed by atoms with Gasteiger partial charge in [0.25, 0.3) is 0 Å². The number of amides is 1. The number of hydrogen-bond acceptors (Lipinski definition) is 4. The van der Waals surface area contributed by atoms with Crippen molar-refractivity contribution in [2.24, 2.45) is 0 Å². The van der Waals surface area contributed by atoms with Crippen molar-refractivity contribution in [3.05, 3.63) is 16.5 Å². The van der Waals surface area contributed by atoms with Crippen LogP contribution in [0.4, 0.5) is 5.82 Å². The highest BCUT2D eigenvalue weighted by Crippen LogP contribution is 2.27. The standard InChI is InChI=1S/C14H19ClN4O/c15-14-17-11-5-1-4-10(11)13(18-14)16-7-3-9-19-8-2-6-12(19)20/h1-9H2,(H,16,17,18). The lowest BCUT2D eigenvalue weighted by Gasteiger charge is -2.16. The van der Waals surface area contributed by atoms with E-state index >= 15 is 0 Å². The second-order valence-corrected chi connectivity index (χ2v) is 5.72. The van der Waals surface area contributed by atoms with Crippen molar-refractivity contribution in [2.75, 3.05) is 25.0 Å². The highest BCUT2D eigenvalue weighted by atomic mass is 35.5. The molecule has 0 aromatic carbocycles. The van der Waals surface area contributed by atoms with Crippen LogP contribution >= 0.6 is 11.6 Å². The molecule has 108 valence electrons. The highest BCUT2D eigenvalue weighted by molar-refractivity contribution is 6.28.